The summed E-state index contributed by atoms with van der Waals surface area (Å²) in [7, 11) is 0. The fourth-order valence-electron chi connectivity index (χ4n) is 8.35. The molecule has 5 fully saturated rings. The molecule has 3 aromatic carbocycles. The number of fused-ring (bicyclic) bond motifs is 4. The third kappa shape index (κ3) is 3.91. The Morgan fingerprint density at radius 2 is 1.91 bits per heavy atom. The number of halogens is 2. The van der Waals surface area contributed by atoms with E-state index in [1.165, 1.54) is 12.8 Å². The van der Waals surface area contributed by atoms with Crippen molar-refractivity contribution < 1.29 is 19.0 Å². The molecule has 4 saturated heterocycles. The minimum Gasteiger partial charge on any atom is -0.508 e. The van der Waals surface area contributed by atoms with Crippen molar-refractivity contribution in [2.75, 3.05) is 37.7 Å². The average Bonchev–Trinajstić information content (AvgIpc) is 3.31. The molecule has 0 radical (unpaired) electrons. The molecule has 1 aromatic heterocycles. The fourth-order valence-corrected chi connectivity index (χ4v) is 8.65. The van der Waals surface area contributed by atoms with Crippen LogP contribution in [0.1, 0.15) is 32.1 Å². The van der Waals surface area contributed by atoms with E-state index in [1.54, 1.807) is 18.2 Å². The molecule has 5 unspecified atom stereocenters. The zero-order valence-electron chi connectivity index (χ0n) is 23.7. The number of aromatic hydroxyl groups is 1. The summed E-state index contributed by atoms with van der Waals surface area (Å²) >= 11 is 6.87. The van der Waals surface area contributed by atoms with Gasteiger partial charge in [0.15, 0.2) is 5.82 Å². The van der Waals surface area contributed by atoms with Gasteiger partial charge < -0.3 is 24.8 Å². The number of piperidine rings is 1. The number of aromatic nitrogens is 2. The third-order valence-corrected chi connectivity index (χ3v) is 10.8. The molecular formula is C33H33ClFN5O3. The fraction of sp³-hybridized carbons (Fsp3) is 0.455. The number of nitrogens with zero attached hydrogens (tertiary/aromatic N) is 4. The molecule has 2 N–H and O–H groups in total. The van der Waals surface area contributed by atoms with Gasteiger partial charge in [0.2, 0.25) is 0 Å². The van der Waals surface area contributed by atoms with Gasteiger partial charge in [-0.05, 0) is 66.6 Å². The van der Waals surface area contributed by atoms with E-state index in [1.807, 2.05) is 24.3 Å². The third-order valence-electron chi connectivity index (χ3n) is 10.5. The zero-order valence-corrected chi connectivity index (χ0v) is 24.5. The van der Waals surface area contributed by atoms with Gasteiger partial charge >= 0.3 is 6.01 Å². The summed E-state index contributed by atoms with van der Waals surface area (Å²) < 4.78 is 28.8. The van der Waals surface area contributed by atoms with Crippen LogP contribution in [0.5, 0.6) is 11.8 Å². The van der Waals surface area contributed by atoms with Gasteiger partial charge in [-0.15, -0.1) is 0 Å². The largest absolute Gasteiger partial charge is 0.508 e. The molecule has 2 bridgehead atoms. The lowest BCUT2D eigenvalue weighted by molar-refractivity contribution is -0.368. The van der Waals surface area contributed by atoms with Crippen molar-refractivity contribution in [3.05, 3.63) is 53.3 Å². The number of rotatable bonds is 7. The lowest BCUT2D eigenvalue weighted by Gasteiger charge is -2.75. The Kier molecular flexibility index (Phi) is 5.86. The van der Waals surface area contributed by atoms with Crippen molar-refractivity contribution in [1.82, 2.24) is 20.2 Å². The summed E-state index contributed by atoms with van der Waals surface area (Å²) in [5.74, 6) is 0.152. The number of hydrogen-bond donors (Lipinski definition) is 2. The number of likely N-dealkylation sites (tertiary alicyclic amines) is 1. The number of anilines is 1. The molecule has 1 spiro atoms. The van der Waals surface area contributed by atoms with Gasteiger partial charge in [-0.25, -0.2) is 4.39 Å². The number of piperazine rings is 1. The molecule has 8 nitrogen and oxygen atoms in total. The van der Waals surface area contributed by atoms with Gasteiger partial charge in [-0.1, -0.05) is 35.9 Å². The van der Waals surface area contributed by atoms with E-state index < -0.39 is 5.82 Å². The molecular weight excluding hydrogens is 569 g/mol. The monoisotopic (exact) mass is 601 g/mol. The molecule has 0 amide bonds. The Hall–Kier alpha value is -3.24. The number of phenolic OH excluding ortho intramolecular Hbond substituents is 1. The maximum absolute atomic E-state index is 16.7. The first kappa shape index (κ1) is 26.2. The van der Waals surface area contributed by atoms with Crippen molar-refractivity contribution in [2.45, 2.75) is 61.9 Å². The standard InChI is InChI=1S/C33H33ClFN5O3/c34-25-14-24-30(29(35)28(25)23-13-21(41)12-18-4-1-2-5-22(18)23)37-32(38-31(24)39-15-19-6-7-20(16-39)36-19)42-11-3-10-40-26-8-9-33(26)27(40)17-43-33/h1-2,4-5,12-14,19-20,26-27,36,41H,3,6-11,15-17H2. The smallest absolute Gasteiger partial charge is 0.319 e. The van der Waals surface area contributed by atoms with Crippen molar-refractivity contribution >= 4 is 39.1 Å². The highest BCUT2D eigenvalue weighted by Crippen LogP contribution is 2.58. The van der Waals surface area contributed by atoms with Crippen LogP contribution in [0.4, 0.5) is 10.2 Å². The van der Waals surface area contributed by atoms with Crippen LogP contribution in [-0.2, 0) is 4.74 Å². The number of phenols is 1. The highest BCUT2D eigenvalue weighted by atomic mass is 35.5. The number of nitrogens with one attached hydrogen (secondary N) is 1. The first-order chi connectivity index (χ1) is 21.0. The van der Waals surface area contributed by atoms with Gasteiger partial charge in [0.1, 0.15) is 22.7 Å². The molecule has 5 aliphatic rings. The summed E-state index contributed by atoms with van der Waals surface area (Å²) in [6, 6.07) is 14.6. The number of benzene rings is 3. The van der Waals surface area contributed by atoms with E-state index in [0.29, 0.717) is 47.5 Å². The van der Waals surface area contributed by atoms with Crippen LogP contribution in [0, 0.1) is 5.82 Å². The highest BCUT2D eigenvalue weighted by Gasteiger charge is 2.72. The van der Waals surface area contributed by atoms with Crippen LogP contribution in [0.25, 0.3) is 32.8 Å². The predicted octanol–water partition coefficient (Wildman–Crippen LogP) is 5.27. The first-order valence-electron chi connectivity index (χ1n) is 15.4. The molecule has 9 rings (SSSR count). The Balaban J connectivity index is 1.08. The van der Waals surface area contributed by atoms with Crippen LogP contribution in [0.2, 0.25) is 5.02 Å². The summed E-state index contributed by atoms with van der Waals surface area (Å²) in [5, 5.41) is 16.6. The summed E-state index contributed by atoms with van der Waals surface area (Å²) in [4.78, 5) is 14.3. The van der Waals surface area contributed by atoms with Crippen molar-refractivity contribution in [3.63, 3.8) is 0 Å². The summed E-state index contributed by atoms with van der Waals surface area (Å²) in [6.07, 6.45) is 5.46. The first-order valence-corrected chi connectivity index (χ1v) is 15.8. The van der Waals surface area contributed by atoms with Crippen LogP contribution in [0.15, 0.2) is 42.5 Å². The van der Waals surface area contributed by atoms with Gasteiger partial charge in [-0.2, -0.15) is 9.97 Å². The zero-order chi connectivity index (χ0) is 28.9. The minimum atomic E-state index is -0.545. The SMILES string of the molecule is Oc1cc(-c2c(Cl)cc3c(N4CC5CCC(C4)N5)nc(OCCCN4C5CCC56OCC46)nc3c2F)c2ccccc2c1. The summed E-state index contributed by atoms with van der Waals surface area (Å²) in [6.45, 7) is 3.78. The van der Waals surface area contributed by atoms with Crippen LogP contribution >= 0.6 is 11.6 Å². The molecule has 1 aliphatic carbocycles. The van der Waals surface area contributed by atoms with E-state index in [0.717, 1.165) is 56.3 Å². The maximum Gasteiger partial charge on any atom is 0.319 e. The Bertz CT molecular complexity index is 1760. The molecule has 1 saturated carbocycles. The maximum atomic E-state index is 16.7. The number of ether oxygens (including phenoxy) is 2. The van der Waals surface area contributed by atoms with E-state index in [2.05, 4.69) is 20.1 Å². The molecule has 10 heteroatoms. The molecule has 43 heavy (non-hydrogen) atoms. The van der Waals surface area contributed by atoms with Gasteiger partial charge in [0, 0.05) is 48.7 Å². The van der Waals surface area contributed by atoms with Gasteiger partial charge in [-0.3, -0.25) is 4.90 Å². The molecule has 4 aliphatic heterocycles. The quantitative estimate of drug-likeness (QED) is 0.277. The Morgan fingerprint density at radius 1 is 1.07 bits per heavy atom. The van der Waals surface area contributed by atoms with Crippen LogP contribution < -0.4 is 15.0 Å². The van der Waals surface area contributed by atoms with Gasteiger partial charge in [0.05, 0.1) is 24.3 Å². The topological polar surface area (TPSA) is 83.0 Å². The van der Waals surface area contributed by atoms with Crippen molar-refractivity contribution in [3.8, 4) is 22.9 Å². The molecule has 5 heterocycles. The van der Waals surface area contributed by atoms with E-state index >= 15 is 4.39 Å². The lowest BCUT2D eigenvalue weighted by atomic mass is 9.58. The van der Waals surface area contributed by atoms with Gasteiger partial charge in [0.25, 0.3) is 0 Å². The van der Waals surface area contributed by atoms with E-state index in [9.17, 15) is 5.11 Å². The number of morpholine rings is 1. The molecule has 5 atom stereocenters. The molecule has 4 aromatic rings. The summed E-state index contributed by atoms with van der Waals surface area (Å²) in [5.41, 5.74) is 1.06. The Labute approximate surface area is 253 Å². The Morgan fingerprint density at radius 3 is 2.65 bits per heavy atom. The highest BCUT2D eigenvalue weighted by molar-refractivity contribution is 6.35. The normalized spacial score (nSPS) is 29.1. The second-order valence-corrected chi connectivity index (χ2v) is 13.2. The molecule has 222 valence electrons. The second-order valence-electron chi connectivity index (χ2n) is 12.8. The van der Waals surface area contributed by atoms with E-state index in [4.69, 9.17) is 26.1 Å². The van der Waals surface area contributed by atoms with Crippen LogP contribution in [0.3, 0.4) is 0 Å². The second kappa shape index (κ2) is 9.63. The number of hydrogen-bond acceptors (Lipinski definition) is 8. The van der Waals surface area contributed by atoms with Crippen molar-refractivity contribution in [2.24, 2.45) is 0 Å². The van der Waals surface area contributed by atoms with E-state index in [-0.39, 0.29) is 33.5 Å². The van der Waals surface area contributed by atoms with Crippen LogP contribution in [-0.4, -0.2) is 82.6 Å². The van der Waals surface area contributed by atoms with Crippen molar-refractivity contribution in [1.29, 1.82) is 0 Å². The lowest BCUT2D eigenvalue weighted by Crippen LogP contribution is -2.89. The predicted molar refractivity (Wildman–Crippen MR) is 164 cm³/mol. The minimum absolute atomic E-state index is 0.0442. The average molecular weight is 602 g/mol.